The van der Waals surface area contributed by atoms with Crippen molar-refractivity contribution in [1.29, 1.82) is 0 Å². The van der Waals surface area contributed by atoms with E-state index in [1.807, 2.05) is 54.7 Å². The van der Waals surface area contributed by atoms with Gasteiger partial charge in [-0.3, -0.25) is 4.57 Å². The molecule has 3 aromatic heterocycles. The van der Waals surface area contributed by atoms with Crippen LogP contribution in [-0.2, 0) is 0 Å². The third kappa shape index (κ3) is 4.99. The molecule has 0 atom stereocenters. The van der Waals surface area contributed by atoms with E-state index in [0.717, 1.165) is 79.0 Å². The third-order valence-electron chi connectivity index (χ3n) is 9.83. The van der Waals surface area contributed by atoms with Gasteiger partial charge in [-0.15, -0.1) is 0 Å². The molecule has 10 rings (SSSR count). The normalized spacial score (nSPS) is 13.2. The number of anilines is 1. The summed E-state index contributed by atoms with van der Waals surface area (Å²) in [5, 5.41) is 4.33. The summed E-state index contributed by atoms with van der Waals surface area (Å²) in [5.41, 5.74) is 9.51. The van der Waals surface area contributed by atoms with Crippen LogP contribution in [-0.4, -0.2) is 28.2 Å². The summed E-state index contributed by atoms with van der Waals surface area (Å²) < 4.78 is 15.1. The highest BCUT2D eigenvalue weighted by molar-refractivity contribution is 6.11. The van der Waals surface area contributed by atoms with E-state index in [4.69, 9.17) is 14.1 Å². The molecular weight excluding hydrogens is 629 g/mol. The fraction of sp³-hybridized carbons (Fsp3) is 0.0444. The molecule has 1 aliphatic rings. The van der Waals surface area contributed by atoms with Crippen molar-refractivity contribution in [1.82, 2.24) is 14.5 Å². The van der Waals surface area contributed by atoms with E-state index in [2.05, 4.69) is 131 Å². The van der Waals surface area contributed by atoms with Gasteiger partial charge in [-0.2, -0.15) is 0 Å². The van der Waals surface area contributed by atoms with Crippen LogP contribution in [0, 0.1) is 0 Å². The van der Waals surface area contributed by atoms with E-state index in [9.17, 15) is 0 Å². The number of hydrogen-bond acceptors (Lipinski definition) is 5. The van der Waals surface area contributed by atoms with Gasteiger partial charge in [0, 0.05) is 64.9 Å². The van der Waals surface area contributed by atoms with Gasteiger partial charge in [0.15, 0.2) is 0 Å². The van der Waals surface area contributed by atoms with E-state index < -0.39 is 0 Å². The molecule has 6 nitrogen and oxygen atoms in total. The lowest BCUT2D eigenvalue weighted by Crippen LogP contribution is -2.22. The lowest BCUT2D eigenvalue weighted by Gasteiger charge is -2.20. The SMILES string of the molecule is CN1CN(c2cccc(Oc3ccc4c5cc(-c6ccccc6)ccc5n(-c5cc6oc7ccccc7c6cn5)c4c3)c2)C=C1c1ccccc1. The molecule has 51 heavy (non-hydrogen) atoms. The van der Waals surface area contributed by atoms with Crippen LogP contribution in [0.25, 0.3) is 66.4 Å². The minimum absolute atomic E-state index is 0.746. The van der Waals surface area contributed by atoms with E-state index in [0.29, 0.717) is 0 Å². The van der Waals surface area contributed by atoms with Gasteiger partial charge >= 0.3 is 0 Å². The summed E-state index contributed by atoms with van der Waals surface area (Å²) in [6, 6.07) is 52.4. The smallest absolute Gasteiger partial charge is 0.141 e. The van der Waals surface area contributed by atoms with Crippen LogP contribution in [0.5, 0.6) is 11.5 Å². The Bertz CT molecular complexity index is 2780. The molecule has 9 aromatic rings. The number of nitrogens with zero attached hydrogens (tertiary/aromatic N) is 4. The quantitative estimate of drug-likeness (QED) is 0.178. The van der Waals surface area contributed by atoms with Gasteiger partial charge in [0.05, 0.1) is 23.4 Å². The molecule has 244 valence electrons. The lowest BCUT2D eigenvalue weighted by molar-refractivity contribution is 0.482. The van der Waals surface area contributed by atoms with Crippen LogP contribution in [0.2, 0.25) is 0 Å². The van der Waals surface area contributed by atoms with Gasteiger partial charge in [0.2, 0.25) is 0 Å². The second-order valence-electron chi connectivity index (χ2n) is 13.0. The first-order chi connectivity index (χ1) is 25.2. The molecule has 0 spiro atoms. The lowest BCUT2D eigenvalue weighted by atomic mass is 10.0. The molecule has 0 fully saturated rings. The molecule has 6 aromatic carbocycles. The second-order valence-corrected chi connectivity index (χ2v) is 13.0. The number of furan rings is 1. The van der Waals surface area contributed by atoms with Gasteiger partial charge in [-0.05, 0) is 59.2 Å². The predicted molar refractivity (Wildman–Crippen MR) is 207 cm³/mol. The number of aromatic nitrogens is 2. The molecule has 0 unspecified atom stereocenters. The second kappa shape index (κ2) is 11.7. The van der Waals surface area contributed by atoms with Gasteiger partial charge in [-0.1, -0.05) is 91.0 Å². The molecule has 0 saturated heterocycles. The van der Waals surface area contributed by atoms with Gasteiger partial charge in [-0.25, -0.2) is 4.98 Å². The van der Waals surface area contributed by atoms with Crippen molar-refractivity contribution in [2.75, 3.05) is 18.6 Å². The Hall–Kier alpha value is -6.79. The summed E-state index contributed by atoms with van der Waals surface area (Å²) >= 11 is 0. The third-order valence-corrected chi connectivity index (χ3v) is 9.83. The Morgan fingerprint density at radius 2 is 1.35 bits per heavy atom. The Kier molecular flexibility index (Phi) is 6.67. The van der Waals surface area contributed by atoms with Gasteiger partial charge < -0.3 is 19.0 Å². The first kappa shape index (κ1) is 29.2. The average Bonchev–Trinajstić information content (AvgIpc) is 3.86. The zero-order valence-corrected chi connectivity index (χ0v) is 27.9. The molecule has 0 amide bonds. The number of rotatable bonds is 6. The summed E-state index contributed by atoms with van der Waals surface area (Å²) in [5.74, 6) is 2.30. The molecule has 1 aliphatic heterocycles. The van der Waals surface area contributed by atoms with Crippen LogP contribution >= 0.6 is 0 Å². The highest BCUT2D eigenvalue weighted by atomic mass is 16.5. The van der Waals surface area contributed by atoms with Crippen molar-refractivity contribution in [3.8, 4) is 28.4 Å². The van der Waals surface area contributed by atoms with Gasteiger partial charge in [0.1, 0.15) is 28.5 Å². The Morgan fingerprint density at radius 3 is 2.22 bits per heavy atom. The van der Waals surface area contributed by atoms with E-state index in [1.165, 1.54) is 16.8 Å². The number of ether oxygens (including phenoxy) is 1. The zero-order valence-electron chi connectivity index (χ0n) is 27.9. The molecule has 6 heteroatoms. The standard InChI is InChI=1S/C45H32N4O2/c1-47-29-48(28-42(47)31-13-6-3-7-14-31)33-15-10-16-34(24-33)50-35-20-21-36-38-23-32(30-11-4-2-5-12-30)19-22-40(38)49(41(36)25-35)45-26-44-39(27-46-45)37-17-8-9-18-43(37)51-44/h2-28H,29H2,1H3. The maximum atomic E-state index is 6.60. The maximum absolute atomic E-state index is 6.60. The Morgan fingerprint density at radius 1 is 0.569 bits per heavy atom. The Balaban J connectivity index is 1.07. The largest absolute Gasteiger partial charge is 0.457 e. The van der Waals surface area contributed by atoms with Crippen molar-refractivity contribution < 1.29 is 9.15 Å². The summed E-state index contributed by atoms with van der Waals surface area (Å²) in [6.45, 7) is 0.757. The van der Waals surface area contributed by atoms with Crippen LogP contribution < -0.4 is 9.64 Å². The monoisotopic (exact) mass is 660 g/mol. The van der Waals surface area contributed by atoms with Crippen molar-refractivity contribution in [2.45, 2.75) is 0 Å². The predicted octanol–water partition coefficient (Wildman–Crippen LogP) is 11.2. The topological polar surface area (TPSA) is 46.7 Å². The van der Waals surface area contributed by atoms with E-state index in [-0.39, 0.29) is 0 Å². The van der Waals surface area contributed by atoms with Crippen LogP contribution in [0.1, 0.15) is 5.56 Å². The van der Waals surface area contributed by atoms with Crippen LogP contribution in [0.15, 0.2) is 168 Å². The highest BCUT2D eigenvalue weighted by Crippen LogP contribution is 2.39. The first-order valence-electron chi connectivity index (χ1n) is 17.1. The summed E-state index contributed by atoms with van der Waals surface area (Å²) in [7, 11) is 2.12. The van der Waals surface area contributed by atoms with Crippen molar-refractivity contribution in [3.63, 3.8) is 0 Å². The number of para-hydroxylation sites is 1. The molecule has 0 radical (unpaired) electrons. The summed E-state index contributed by atoms with van der Waals surface area (Å²) in [6.07, 6.45) is 4.13. The van der Waals surface area contributed by atoms with E-state index >= 15 is 0 Å². The highest BCUT2D eigenvalue weighted by Gasteiger charge is 2.21. The zero-order chi connectivity index (χ0) is 33.9. The average molecular weight is 661 g/mol. The number of benzene rings is 6. The van der Waals surface area contributed by atoms with Gasteiger partial charge in [0.25, 0.3) is 0 Å². The van der Waals surface area contributed by atoms with Crippen LogP contribution in [0.3, 0.4) is 0 Å². The fourth-order valence-corrected chi connectivity index (χ4v) is 7.37. The van der Waals surface area contributed by atoms with Crippen LogP contribution in [0.4, 0.5) is 5.69 Å². The minimum atomic E-state index is 0.746. The van der Waals surface area contributed by atoms with E-state index in [1.54, 1.807) is 0 Å². The number of fused-ring (bicyclic) bond motifs is 6. The van der Waals surface area contributed by atoms with Crippen molar-refractivity contribution in [2.24, 2.45) is 0 Å². The molecule has 0 aliphatic carbocycles. The fourth-order valence-electron chi connectivity index (χ4n) is 7.37. The number of pyridine rings is 1. The Labute approximate surface area is 294 Å². The number of hydrogen-bond donors (Lipinski definition) is 0. The van der Waals surface area contributed by atoms with Crippen molar-refractivity contribution >= 4 is 55.1 Å². The van der Waals surface area contributed by atoms with Crippen molar-refractivity contribution in [3.05, 3.63) is 170 Å². The maximum Gasteiger partial charge on any atom is 0.141 e. The molecular formula is C45H32N4O2. The molecule has 4 heterocycles. The summed E-state index contributed by atoms with van der Waals surface area (Å²) in [4.78, 5) is 9.51. The molecule has 0 bridgehead atoms. The molecule has 0 saturated carbocycles. The minimum Gasteiger partial charge on any atom is -0.457 e. The first-order valence-corrected chi connectivity index (χ1v) is 17.1. The molecule has 0 N–H and O–H groups in total.